The van der Waals surface area contributed by atoms with E-state index in [0.29, 0.717) is 0 Å². The van der Waals surface area contributed by atoms with E-state index >= 15 is 0 Å². The van der Waals surface area contributed by atoms with Gasteiger partial charge in [0.15, 0.2) is 11.6 Å². The number of hydrogen-bond donors (Lipinski definition) is 0. The van der Waals surface area contributed by atoms with Crippen LogP contribution in [0.2, 0.25) is 0 Å². The predicted molar refractivity (Wildman–Crippen MR) is 82.3 cm³/mol. The molecule has 0 atom stereocenters. The van der Waals surface area contributed by atoms with Gasteiger partial charge in [-0.05, 0) is 12.1 Å². The van der Waals surface area contributed by atoms with Crippen molar-refractivity contribution in [2.75, 3.05) is 39.1 Å². The van der Waals surface area contributed by atoms with Gasteiger partial charge in [0.1, 0.15) is 19.0 Å². The molecule has 0 saturated heterocycles. The van der Waals surface area contributed by atoms with E-state index < -0.39 is 30.8 Å². The van der Waals surface area contributed by atoms with Crippen molar-refractivity contribution in [1.29, 1.82) is 0 Å². The summed E-state index contributed by atoms with van der Waals surface area (Å²) in [6, 6.07) is 3.43. The lowest BCUT2D eigenvalue weighted by atomic mass is 10.1. The third-order valence-corrected chi connectivity index (χ3v) is 3.43. The number of halogens is 3. The lowest BCUT2D eigenvalue weighted by molar-refractivity contribution is -0.140. The van der Waals surface area contributed by atoms with Crippen molar-refractivity contribution in [3.05, 3.63) is 35.3 Å². The van der Waals surface area contributed by atoms with Crippen molar-refractivity contribution in [3.63, 3.8) is 0 Å². The van der Waals surface area contributed by atoms with Crippen LogP contribution in [0.1, 0.15) is 0 Å². The molecule has 0 spiro atoms. The van der Waals surface area contributed by atoms with Crippen LogP contribution in [-0.2, 0) is 23.8 Å². The Labute approximate surface area is 146 Å². The van der Waals surface area contributed by atoms with Gasteiger partial charge in [-0.1, -0.05) is 0 Å². The summed E-state index contributed by atoms with van der Waals surface area (Å²) >= 11 is 0. The largest absolute Gasteiger partial charge is 0.485 e. The highest BCUT2D eigenvalue weighted by atomic mass is 19.3. The molecule has 10 heteroatoms. The van der Waals surface area contributed by atoms with E-state index in [1.54, 1.807) is 0 Å². The number of ether oxygens (including phenoxy) is 4. The molecular formula is C16H16F3NO6. The maximum atomic E-state index is 14.1. The molecule has 0 unspecified atom stereocenters. The zero-order valence-electron chi connectivity index (χ0n) is 14.0. The molecule has 1 aliphatic rings. The van der Waals surface area contributed by atoms with Gasteiger partial charge in [-0.3, -0.25) is 0 Å². The second kappa shape index (κ2) is 8.56. The molecule has 1 aromatic rings. The number of carbonyl (C=O) groups is 2. The molecule has 0 bridgehead atoms. The molecule has 0 amide bonds. The van der Waals surface area contributed by atoms with Gasteiger partial charge in [0, 0.05) is 11.8 Å². The Morgan fingerprint density at radius 1 is 1.23 bits per heavy atom. The summed E-state index contributed by atoms with van der Waals surface area (Å²) in [6.45, 7) is -1.31. The average molecular weight is 375 g/mol. The number of rotatable bonds is 6. The predicted octanol–water partition coefficient (Wildman–Crippen LogP) is 1.86. The Morgan fingerprint density at radius 2 is 1.92 bits per heavy atom. The molecule has 0 N–H and O–H groups in total. The molecule has 1 aromatic carbocycles. The number of nitrogens with zero attached hydrogens (tertiary/aromatic N) is 1. The van der Waals surface area contributed by atoms with E-state index in [-0.39, 0.29) is 36.0 Å². The maximum absolute atomic E-state index is 14.1. The van der Waals surface area contributed by atoms with E-state index in [9.17, 15) is 22.8 Å². The van der Waals surface area contributed by atoms with Crippen LogP contribution in [0.15, 0.2) is 29.5 Å². The van der Waals surface area contributed by atoms with E-state index in [1.807, 2.05) is 0 Å². The zero-order chi connectivity index (χ0) is 19.3. The molecule has 2 rings (SSSR count). The molecule has 0 saturated carbocycles. The summed E-state index contributed by atoms with van der Waals surface area (Å²) in [6.07, 6.45) is -2.75. The van der Waals surface area contributed by atoms with E-state index in [2.05, 4.69) is 14.2 Å². The van der Waals surface area contributed by atoms with Gasteiger partial charge >= 0.3 is 11.9 Å². The van der Waals surface area contributed by atoms with Crippen LogP contribution in [-0.4, -0.2) is 52.5 Å². The van der Waals surface area contributed by atoms with Crippen molar-refractivity contribution < 1.29 is 41.7 Å². The van der Waals surface area contributed by atoms with Gasteiger partial charge in [-0.2, -0.15) is 0 Å². The van der Waals surface area contributed by atoms with Crippen LogP contribution in [0.4, 0.5) is 18.9 Å². The van der Waals surface area contributed by atoms with Crippen molar-refractivity contribution in [2.45, 2.75) is 6.43 Å². The minimum absolute atomic E-state index is 0.0935. The molecule has 26 heavy (non-hydrogen) atoms. The number of carbonyl (C=O) groups excluding carboxylic acids is 2. The van der Waals surface area contributed by atoms with Crippen LogP contribution < -0.4 is 9.64 Å². The average Bonchev–Trinajstić information content (AvgIpc) is 2.64. The molecule has 0 aromatic heterocycles. The van der Waals surface area contributed by atoms with E-state index in [4.69, 9.17) is 4.74 Å². The first-order valence-electron chi connectivity index (χ1n) is 7.34. The second-order valence-corrected chi connectivity index (χ2v) is 5.03. The Morgan fingerprint density at radius 3 is 2.50 bits per heavy atom. The fourth-order valence-corrected chi connectivity index (χ4v) is 2.27. The van der Waals surface area contributed by atoms with E-state index in [1.165, 1.54) is 11.0 Å². The van der Waals surface area contributed by atoms with Crippen molar-refractivity contribution >= 4 is 17.6 Å². The van der Waals surface area contributed by atoms with Gasteiger partial charge in [-0.15, -0.1) is 0 Å². The molecule has 1 heterocycles. The Hall–Kier alpha value is -2.75. The highest BCUT2D eigenvalue weighted by molar-refractivity contribution is 6.03. The van der Waals surface area contributed by atoms with Crippen LogP contribution in [0.25, 0.3) is 0 Å². The number of benzene rings is 1. The highest BCUT2D eigenvalue weighted by Gasteiger charge is 2.32. The number of alkyl halides is 2. The fraction of sp³-hybridized carbons (Fsp3) is 0.375. The van der Waals surface area contributed by atoms with Crippen LogP contribution in [0.3, 0.4) is 0 Å². The SMILES string of the molecule is COC(=O)C1=C(C(=O)OC)N(c2ccc(OCC(F)F)c(F)c2)COC1. The van der Waals surface area contributed by atoms with Crippen LogP contribution in [0.5, 0.6) is 5.75 Å². The van der Waals surface area contributed by atoms with Crippen molar-refractivity contribution in [3.8, 4) is 5.75 Å². The zero-order valence-corrected chi connectivity index (χ0v) is 14.0. The summed E-state index contributed by atoms with van der Waals surface area (Å²) in [5.74, 6) is -2.93. The molecule has 0 fully saturated rings. The minimum atomic E-state index is -2.75. The number of anilines is 1. The quantitative estimate of drug-likeness (QED) is 0.703. The third kappa shape index (κ3) is 4.26. The van der Waals surface area contributed by atoms with Gasteiger partial charge in [-0.25, -0.2) is 22.8 Å². The molecule has 142 valence electrons. The number of methoxy groups -OCH3 is 2. The summed E-state index contributed by atoms with van der Waals surface area (Å²) in [4.78, 5) is 25.2. The van der Waals surface area contributed by atoms with Crippen LogP contribution >= 0.6 is 0 Å². The van der Waals surface area contributed by atoms with Gasteiger partial charge in [0.25, 0.3) is 6.43 Å². The summed E-state index contributed by atoms with van der Waals surface area (Å²) in [5, 5.41) is 0. The highest BCUT2D eigenvalue weighted by Crippen LogP contribution is 2.30. The smallest absolute Gasteiger partial charge is 0.355 e. The minimum Gasteiger partial charge on any atom is -0.485 e. The lowest BCUT2D eigenvalue weighted by Gasteiger charge is -2.31. The van der Waals surface area contributed by atoms with Crippen molar-refractivity contribution in [1.82, 2.24) is 0 Å². The normalized spacial score (nSPS) is 14.5. The lowest BCUT2D eigenvalue weighted by Crippen LogP contribution is -2.38. The van der Waals surface area contributed by atoms with Gasteiger partial charge in [0.2, 0.25) is 0 Å². The topological polar surface area (TPSA) is 74.3 Å². The maximum Gasteiger partial charge on any atom is 0.355 e. The standard InChI is InChI=1S/C16H16F3NO6/c1-23-15(21)10-6-25-8-20(14(10)16(22)24-2)9-3-4-12(11(17)5-9)26-7-13(18)19/h3-5,13H,6-8H2,1-2H3. The second-order valence-electron chi connectivity index (χ2n) is 5.03. The summed E-state index contributed by atoms with van der Waals surface area (Å²) < 4.78 is 57.7. The fourth-order valence-electron chi connectivity index (χ4n) is 2.27. The Balaban J connectivity index is 2.40. The number of esters is 2. The van der Waals surface area contributed by atoms with Gasteiger partial charge in [0.05, 0.1) is 26.4 Å². The first-order valence-corrected chi connectivity index (χ1v) is 7.34. The molecule has 0 radical (unpaired) electrons. The van der Waals surface area contributed by atoms with Crippen LogP contribution in [0, 0.1) is 5.82 Å². The Kier molecular flexibility index (Phi) is 6.45. The molecule has 0 aliphatic carbocycles. The Bertz CT molecular complexity index is 722. The first kappa shape index (κ1) is 19.6. The summed E-state index contributed by atoms with van der Waals surface area (Å²) in [5.41, 5.74) is -0.122. The van der Waals surface area contributed by atoms with Gasteiger partial charge < -0.3 is 23.8 Å². The monoisotopic (exact) mass is 375 g/mol. The van der Waals surface area contributed by atoms with E-state index in [0.717, 1.165) is 26.4 Å². The number of hydrogen-bond acceptors (Lipinski definition) is 7. The molecule has 1 aliphatic heterocycles. The molecular weight excluding hydrogens is 359 g/mol. The molecule has 7 nitrogen and oxygen atoms in total. The summed E-state index contributed by atoms with van der Waals surface area (Å²) in [7, 11) is 2.26. The van der Waals surface area contributed by atoms with Crippen molar-refractivity contribution in [2.24, 2.45) is 0 Å². The first-order chi connectivity index (χ1) is 12.4. The third-order valence-electron chi connectivity index (χ3n) is 3.43.